The van der Waals surface area contributed by atoms with Crippen molar-refractivity contribution in [2.75, 3.05) is 43.5 Å². The molecule has 2 amide bonds. The standard InChI is InChI=1S/C20H20N4O3/c1-27-18-9-5-4-8-17(18)23-10-12-24(13-11-23)20(26)19(25)22-16-7-3-2-6-15(16)14-21/h2-9H,10-13H2,1H3,(H,22,25). The highest BCUT2D eigenvalue weighted by atomic mass is 16.5. The number of anilines is 2. The van der Waals surface area contributed by atoms with E-state index in [0.717, 1.165) is 11.4 Å². The van der Waals surface area contributed by atoms with Gasteiger partial charge in [-0.3, -0.25) is 9.59 Å². The van der Waals surface area contributed by atoms with Gasteiger partial charge >= 0.3 is 11.8 Å². The van der Waals surface area contributed by atoms with Gasteiger partial charge in [-0.25, -0.2) is 0 Å². The van der Waals surface area contributed by atoms with E-state index in [1.807, 2.05) is 30.3 Å². The number of carbonyl (C=O) groups is 2. The first kappa shape index (κ1) is 18.3. The molecule has 1 saturated heterocycles. The van der Waals surface area contributed by atoms with Crippen LogP contribution < -0.4 is 15.0 Å². The lowest BCUT2D eigenvalue weighted by Gasteiger charge is -2.36. The Hall–Kier alpha value is -3.53. The van der Waals surface area contributed by atoms with Gasteiger partial charge in [-0.2, -0.15) is 5.26 Å². The number of hydrogen-bond acceptors (Lipinski definition) is 5. The van der Waals surface area contributed by atoms with Crippen LogP contribution in [0.1, 0.15) is 5.56 Å². The molecule has 138 valence electrons. The average Bonchev–Trinajstić information content (AvgIpc) is 2.73. The van der Waals surface area contributed by atoms with Crippen LogP contribution in [0.3, 0.4) is 0 Å². The molecule has 0 aromatic heterocycles. The van der Waals surface area contributed by atoms with Crippen molar-refractivity contribution in [2.45, 2.75) is 0 Å². The van der Waals surface area contributed by atoms with Crippen molar-refractivity contribution in [1.82, 2.24) is 4.90 Å². The van der Waals surface area contributed by atoms with Crippen LogP contribution in [0.4, 0.5) is 11.4 Å². The van der Waals surface area contributed by atoms with Crippen LogP contribution in [-0.4, -0.2) is 50.0 Å². The molecule has 3 rings (SSSR count). The minimum absolute atomic E-state index is 0.319. The van der Waals surface area contributed by atoms with Gasteiger partial charge in [-0.15, -0.1) is 0 Å². The summed E-state index contributed by atoms with van der Waals surface area (Å²) >= 11 is 0. The minimum atomic E-state index is -0.733. The molecule has 2 aromatic carbocycles. The van der Waals surface area contributed by atoms with Gasteiger partial charge in [0.25, 0.3) is 0 Å². The lowest BCUT2D eigenvalue weighted by atomic mass is 10.2. The molecule has 1 N–H and O–H groups in total. The van der Waals surface area contributed by atoms with Crippen LogP contribution >= 0.6 is 0 Å². The van der Waals surface area contributed by atoms with E-state index >= 15 is 0 Å². The Bertz CT molecular complexity index is 883. The number of nitriles is 1. The monoisotopic (exact) mass is 364 g/mol. The second-order valence-corrected chi connectivity index (χ2v) is 6.06. The van der Waals surface area contributed by atoms with Gasteiger partial charge in [0, 0.05) is 26.2 Å². The summed E-state index contributed by atoms with van der Waals surface area (Å²) in [5.74, 6) is -0.547. The molecule has 0 radical (unpaired) electrons. The normalized spacial score (nSPS) is 13.6. The summed E-state index contributed by atoms with van der Waals surface area (Å²) in [4.78, 5) is 28.4. The first-order chi connectivity index (χ1) is 13.1. The van der Waals surface area contributed by atoms with Crippen molar-refractivity contribution >= 4 is 23.2 Å². The lowest BCUT2D eigenvalue weighted by molar-refractivity contribution is -0.143. The number of amides is 2. The van der Waals surface area contributed by atoms with Crippen molar-refractivity contribution in [3.05, 3.63) is 54.1 Å². The summed E-state index contributed by atoms with van der Waals surface area (Å²) in [5.41, 5.74) is 1.63. The van der Waals surface area contributed by atoms with Crippen LogP contribution in [-0.2, 0) is 9.59 Å². The summed E-state index contributed by atoms with van der Waals surface area (Å²) in [6.45, 7) is 2.08. The van der Waals surface area contributed by atoms with Crippen molar-refractivity contribution in [2.24, 2.45) is 0 Å². The van der Waals surface area contributed by atoms with E-state index in [1.54, 1.807) is 31.4 Å². The first-order valence-corrected chi connectivity index (χ1v) is 8.61. The maximum Gasteiger partial charge on any atom is 0.313 e. The number of benzene rings is 2. The summed E-state index contributed by atoms with van der Waals surface area (Å²) in [7, 11) is 1.63. The molecule has 27 heavy (non-hydrogen) atoms. The highest BCUT2D eigenvalue weighted by Crippen LogP contribution is 2.28. The number of rotatable bonds is 3. The van der Waals surface area contributed by atoms with E-state index < -0.39 is 11.8 Å². The van der Waals surface area contributed by atoms with Crippen LogP contribution in [0.5, 0.6) is 5.75 Å². The number of methoxy groups -OCH3 is 1. The third kappa shape index (κ3) is 4.01. The third-order valence-corrected chi connectivity index (χ3v) is 4.48. The first-order valence-electron chi connectivity index (χ1n) is 8.61. The molecule has 0 bridgehead atoms. The fraction of sp³-hybridized carbons (Fsp3) is 0.250. The molecule has 0 aliphatic carbocycles. The van der Waals surface area contributed by atoms with E-state index in [4.69, 9.17) is 10.00 Å². The zero-order chi connectivity index (χ0) is 19.2. The highest BCUT2D eigenvalue weighted by molar-refractivity contribution is 6.39. The number of nitrogens with one attached hydrogen (secondary N) is 1. The maximum absolute atomic E-state index is 12.5. The Kier molecular flexibility index (Phi) is 5.57. The van der Waals surface area contributed by atoms with Gasteiger partial charge in [-0.1, -0.05) is 24.3 Å². The molecule has 1 aliphatic heterocycles. The summed E-state index contributed by atoms with van der Waals surface area (Å²) < 4.78 is 5.39. The van der Waals surface area contributed by atoms with Crippen molar-refractivity contribution in [1.29, 1.82) is 5.26 Å². The molecule has 7 heteroatoms. The Morgan fingerprint density at radius 3 is 2.41 bits per heavy atom. The fourth-order valence-electron chi connectivity index (χ4n) is 3.05. The van der Waals surface area contributed by atoms with E-state index in [2.05, 4.69) is 10.2 Å². The number of para-hydroxylation sites is 3. The summed E-state index contributed by atoms with van der Waals surface area (Å²) in [6.07, 6.45) is 0. The molecule has 0 atom stereocenters. The molecule has 1 fully saturated rings. The number of ether oxygens (including phenoxy) is 1. The quantitative estimate of drug-likeness (QED) is 0.840. The molecule has 1 heterocycles. The van der Waals surface area contributed by atoms with Crippen LogP contribution in [0.15, 0.2) is 48.5 Å². The number of piperazine rings is 1. The molecule has 2 aromatic rings. The minimum Gasteiger partial charge on any atom is -0.495 e. The van der Waals surface area contributed by atoms with E-state index in [0.29, 0.717) is 37.4 Å². The third-order valence-electron chi connectivity index (χ3n) is 4.48. The predicted octanol–water partition coefficient (Wildman–Crippen LogP) is 1.85. The van der Waals surface area contributed by atoms with Crippen LogP contribution in [0.2, 0.25) is 0 Å². The Morgan fingerprint density at radius 1 is 1.04 bits per heavy atom. The zero-order valence-electron chi connectivity index (χ0n) is 15.0. The summed E-state index contributed by atoms with van der Waals surface area (Å²) in [6, 6.07) is 16.3. The SMILES string of the molecule is COc1ccccc1N1CCN(C(=O)C(=O)Nc2ccccc2C#N)CC1. The summed E-state index contributed by atoms with van der Waals surface area (Å²) in [5, 5.41) is 11.6. The van der Waals surface area contributed by atoms with Gasteiger partial charge in [0.2, 0.25) is 0 Å². The Balaban J connectivity index is 1.61. The van der Waals surface area contributed by atoms with Crippen molar-refractivity contribution in [3.8, 4) is 11.8 Å². The van der Waals surface area contributed by atoms with Gasteiger partial charge in [0.05, 0.1) is 24.0 Å². The largest absolute Gasteiger partial charge is 0.495 e. The number of hydrogen-bond donors (Lipinski definition) is 1. The highest BCUT2D eigenvalue weighted by Gasteiger charge is 2.27. The number of carbonyl (C=O) groups excluding carboxylic acids is 2. The topological polar surface area (TPSA) is 85.7 Å². The fourth-order valence-corrected chi connectivity index (χ4v) is 3.05. The lowest BCUT2D eigenvalue weighted by Crippen LogP contribution is -2.51. The van der Waals surface area contributed by atoms with Gasteiger partial charge in [-0.05, 0) is 24.3 Å². The van der Waals surface area contributed by atoms with Gasteiger partial charge < -0.3 is 19.9 Å². The molecule has 1 aliphatic rings. The van der Waals surface area contributed by atoms with Crippen molar-refractivity contribution in [3.63, 3.8) is 0 Å². The molecular formula is C20H20N4O3. The van der Waals surface area contributed by atoms with E-state index in [-0.39, 0.29) is 0 Å². The van der Waals surface area contributed by atoms with Gasteiger partial charge in [0.1, 0.15) is 11.8 Å². The van der Waals surface area contributed by atoms with Crippen LogP contribution in [0.25, 0.3) is 0 Å². The molecule has 0 spiro atoms. The number of nitrogens with zero attached hydrogens (tertiary/aromatic N) is 3. The Labute approximate surface area is 157 Å². The second-order valence-electron chi connectivity index (χ2n) is 6.06. The molecular weight excluding hydrogens is 344 g/mol. The molecule has 0 saturated carbocycles. The van der Waals surface area contributed by atoms with Crippen LogP contribution in [0, 0.1) is 11.3 Å². The predicted molar refractivity (Wildman–Crippen MR) is 102 cm³/mol. The Morgan fingerprint density at radius 2 is 1.70 bits per heavy atom. The smallest absolute Gasteiger partial charge is 0.313 e. The second kappa shape index (κ2) is 8.23. The maximum atomic E-state index is 12.5. The zero-order valence-corrected chi connectivity index (χ0v) is 15.0. The van der Waals surface area contributed by atoms with E-state index in [1.165, 1.54) is 4.90 Å². The van der Waals surface area contributed by atoms with E-state index in [9.17, 15) is 9.59 Å². The van der Waals surface area contributed by atoms with Gasteiger partial charge in [0.15, 0.2) is 0 Å². The molecule has 7 nitrogen and oxygen atoms in total. The van der Waals surface area contributed by atoms with Crippen molar-refractivity contribution < 1.29 is 14.3 Å². The molecule has 0 unspecified atom stereocenters. The average molecular weight is 364 g/mol.